The van der Waals surface area contributed by atoms with Crippen molar-refractivity contribution in [2.75, 3.05) is 11.5 Å². The highest BCUT2D eigenvalue weighted by atomic mass is 32.2. The van der Waals surface area contributed by atoms with Crippen molar-refractivity contribution in [2.24, 2.45) is 0 Å². The van der Waals surface area contributed by atoms with Gasteiger partial charge in [-0.15, -0.1) is 11.8 Å². The molecule has 1 aromatic carbocycles. The van der Waals surface area contributed by atoms with Crippen molar-refractivity contribution in [3.63, 3.8) is 0 Å². The van der Waals surface area contributed by atoms with Gasteiger partial charge >= 0.3 is 0 Å². The molecule has 3 nitrogen and oxygen atoms in total. The largest absolute Gasteiger partial charge is 0.351 e. The maximum Gasteiger partial charge on any atom is 0.230 e. The predicted octanol–water partition coefficient (Wildman–Crippen LogP) is 1.70. The lowest BCUT2D eigenvalue weighted by Crippen LogP contribution is -2.25. The van der Waals surface area contributed by atoms with Gasteiger partial charge in [0.1, 0.15) is 5.82 Å². The number of nitrogens with zero attached hydrogens (tertiary/aromatic N) is 1. The van der Waals surface area contributed by atoms with Crippen LogP contribution in [0.3, 0.4) is 0 Å². The molecule has 0 aliphatic carbocycles. The van der Waals surface area contributed by atoms with Gasteiger partial charge < -0.3 is 5.32 Å². The van der Waals surface area contributed by atoms with Crippen LogP contribution in [-0.2, 0) is 11.3 Å². The molecule has 0 unspecified atom stereocenters. The number of carbonyl (C=O) groups is 1. The Morgan fingerprint density at radius 3 is 2.94 bits per heavy atom. The molecule has 1 rings (SSSR count). The summed E-state index contributed by atoms with van der Waals surface area (Å²) in [5.41, 5.74) is 0.459. The summed E-state index contributed by atoms with van der Waals surface area (Å²) in [5, 5.41) is 10.9. The monoisotopic (exact) mass is 238 g/mol. The number of rotatable bonds is 5. The molecule has 1 N–H and O–H groups in total. The Labute approximate surface area is 97.6 Å². The van der Waals surface area contributed by atoms with Crippen LogP contribution >= 0.6 is 11.8 Å². The van der Waals surface area contributed by atoms with Crippen molar-refractivity contribution in [1.82, 2.24) is 5.32 Å². The number of benzene rings is 1. The van der Waals surface area contributed by atoms with Gasteiger partial charge in [0, 0.05) is 12.1 Å². The van der Waals surface area contributed by atoms with Crippen molar-refractivity contribution >= 4 is 17.7 Å². The Bertz CT molecular complexity index is 403. The van der Waals surface area contributed by atoms with Gasteiger partial charge in [0.15, 0.2) is 0 Å². The van der Waals surface area contributed by atoms with Gasteiger partial charge in [-0.05, 0) is 6.07 Å². The van der Waals surface area contributed by atoms with Crippen molar-refractivity contribution in [3.05, 3.63) is 35.6 Å². The van der Waals surface area contributed by atoms with E-state index < -0.39 is 0 Å². The number of amides is 1. The van der Waals surface area contributed by atoms with E-state index in [9.17, 15) is 9.18 Å². The molecule has 16 heavy (non-hydrogen) atoms. The molecule has 0 aliphatic heterocycles. The minimum atomic E-state index is -0.326. The highest BCUT2D eigenvalue weighted by Crippen LogP contribution is 2.05. The SMILES string of the molecule is N#CCSCC(=O)NCc1ccccc1F. The van der Waals surface area contributed by atoms with E-state index in [-0.39, 0.29) is 29.8 Å². The summed E-state index contributed by atoms with van der Waals surface area (Å²) in [5.74, 6) is -0.00855. The Hall–Kier alpha value is -1.54. The summed E-state index contributed by atoms with van der Waals surface area (Å²) in [4.78, 5) is 11.2. The minimum absolute atomic E-state index is 0.179. The lowest BCUT2D eigenvalue weighted by Gasteiger charge is -2.05. The van der Waals surface area contributed by atoms with Gasteiger partial charge in [-0.25, -0.2) is 4.39 Å². The van der Waals surface area contributed by atoms with Crippen molar-refractivity contribution < 1.29 is 9.18 Å². The number of hydrogen-bond donors (Lipinski definition) is 1. The van der Waals surface area contributed by atoms with E-state index in [1.54, 1.807) is 18.2 Å². The van der Waals surface area contributed by atoms with Crippen molar-refractivity contribution in [2.45, 2.75) is 6.54 Å². The van der Waals surface area contributed by atoms with Gasteiger partial charge in [0.05, 0.1) is 17.6 Å². The molecule has 1 amide bonds. The molecule has 0 saturated carbocycles. The van der Waals surface area contributed by atoms with Gasteiger partial charge in [0.2, 0.25) is 5.91 Å². The molecule has 1 aromatic rings. The number of nitrogens with one attached hydrogen (secondary N) is 1. The van der Waals surface area contributed by atoms with E-state index in [1.807, 2.05) is 6.07 Å². The average Bonchev–Trinajstić information content (AvgIpc) is 2.28. The second-order valence-electron chi connectivity index (χ2n) is 3.02. The van der Waals surface area contributed by atoms with Gasteiger partial charge in [-0.2, -0.15) is 5.26 Å². The number of thioether (sulfide) groups is 1. The predicted molar refractivity (Wildman–Crippen MR) is 61.2 cm³/mol. The molecule has 0 saturated heterocycles. The van der Waals surface area contributed by atoms with Crippen molar-refractivity contribution in [1.29, 1.82) is 5.26 Å². The lowest BCUT2D eigenvalue weighted by molar-refractivity contribution is -0.118. The molecule has 0 aromatic heterocycles. The number of carbonyl (C=O) groups excluding carboxylic acids is 1. The minimum Gasteiger partial charge on any atom is -0.351 e. The van der Waals surface area contributed by atoms with Gasteiger partial charge in [0.25, 0.3) is 0 Å². The molecular weight excluding hydrogens is 227 g/mol. The average molecular weight is 238 g/mol. The third kappa shape index (κ3) is 4.32. The van der Waals surface area contributed by atoms with Crippen LogP contribution in [-0.4, -0.2) is 17.4 Å². The number of halogens is 1. The molecule has 0 heterocycles. The Morgan fingerprint density at radius 2 is 2.25 bits per heavy atom. The van der Waals surface area contributed by atoms with Crippen LogP contribution in [0.1, 0.15) is 5.56 Å². The van der Waals surface area contributed by atoms with Gasteiger partial charge in [-0.1, -0.05) is 18.2 Å². The van der Waals surface area contributed by atoms with Crippen LogP contribution in [0.4, 0.5) is 4.39 Å². The summed E-state index contributed by atoms with van der Waals surface area (Å²) < 4.78 is 13.1. The molecule has 0 spiro atoms. The molecule has 5 heteroatoms. The third-order valence-corrected chi connectivity index (χ3v) is 2.63. The summed E-state index contributed by atoms with van der Waals surface area (Å²) in [6, 6.07) is 8.22. The van der Waals surface area contributed by atoms with E-state index in [4.69, 9.17) is 5.26 Å². The first-order chi connectivity index (χ1) is 7.74. The first kappa shape index (κ1) is 12.5. The molecule has 0 radical (unpaired) electrons. The van der Waals surface area contributed by atoms with Crippen LogP contribution < -0.4 is 5.32 Å². The molecule has 0 atom stereocenters. The quantitative estimate of drug-likeness (QED) is 0.794. The smallest absolute Gasteiger partial charge is 0.230 e. The highest BCUT2D eigenvalue weighted by molar-refractivity contribution is 8.00. The zero-order valence-corrected chi connectivity index (χ0v) is 9.39. The summed E-state index contributed by atoms with van der Waals surface area (Å²) in [6.45, 7) is 0.179. The van der Waals surface area contributed by atoms with E-state index in [0.717, 1.165) is 0 Å². The van der Waals surface area contributed by atoms with E-state index in [0.29, 0.717) is 5.56 Å². The van der Waals surface area contributed by atoms with Crippen molar-refractivity contribution in [3.8, 4) is 6.07 Å². The fraction of sp³-hybridized carbons (Fsp3) is 0.273. The molecule has 0 fully saturated rings. The second-order valence-corrected chi connectivity index (χ2v) is 4.00. The Kier molecular flexibility index (Phi) is 5.37. The fourth-order valence-electron chi connectivity index (χ4n) is 1.08. The highest BCUT2D eigenvalue weighted by Gasteiger charge is 2.04. The summed E-state index contributed by atoms with van der Waals surface area (Å²) >= 11 is 1.23. The second kappa shape index (κ2) is 6.85. The number of hydrogen-bond acceptors (Lipinski definition) is 3. The first-order valence-electron chi connectivity index (χ1n) is 4.69. The van der Waals surface area contributed by atoms with E-state index in [2.05, 4.69) is 5.32 Å². The summed E-state index contributed by atoms with van der Waals surface area (Å²) in [7, 11) is 0. The molecule has 84 valence electrons. The topological polar surface area (TPSA) is 52.9 Å². The third-order valence-electron chi connectivity index (χ3n) is 1.83. The zero-order valence-electron chi connectivity index (χ0n) is 8.57. The molecule has 0 bridgehead atoms. The molecular formula is C11H11FN2OS. The van der Waals surface area contributed by atoms with Gasteiger partial charge in [-0.3, -0.25) is 4.79 Å². The normalized spacial score (nSPS) is 9.50. The zero-order chi connectivity index (χ0) is 11.8. The lowest BCUT2D eigenvalue weighted by atomic mass is 10.2. The fourth-order valence-corrected chi connectivity index (χ4v) is 1.56. The standard InChI is InChI=1S/C11H11FN2OS/c12-10-4-2-1-3-9(10)7-14-11(15)8-16-6-5-13/h1-4H,6-8H2,(H,14,15). The first-order valence-corrected chi connectivity index (χ1v) is 5.84. The van der Waals surface area contributed by atoms with Crippen LogP contribution in [0, 0.1) is 17.1 Å². The molecule has 0 aliphatic rings. The van der Waals surface area contributed by atoms with E-state index >= 15 is 0 Å². The Morgan fingerprint density at radius 1 is 1.50 bits per heavy atom. The van der Waals surface area contributed by atoms with Crippen LogP contribution in [0.2, 0.25) is 0 Å². The Balaban J connectivity index is 2.32. The van der Waals surface area contributed by atoms with E-state index in [1.165, 1.54) is 17.8 Å². The van der Waals surface area contributed by atoms with Crippen LogP contribution in [0.5, 0.6) is 0 Å². The van der Waals surface area contributed by atoms with Crippen LogP contribution in [0.25, 0.3) is 0 Å². The maximum absolute atomic E-state index is 13.1. The van der Waals surface area contributed by atoms with Crippen LogP contribution in [0.15, 0.2) is 24.3 Å². The summed E-state index contributed by atoms with van der Waals surface area (Å²) in [6.07, 6.45) is 0. The number of nitriles is 1. The maximum atomic E-state index is 13.1.